The third-order valence-corrected chi connectivity index (χ3v) is 5.75. The van der Waals surface area contributed by atoms with E-state index in [-0.39, 0.29) is 19.1 Å². The fraction of sp³-hybridized carbons (Fsp3) is 0.440. The molecule has 0 bridgehead atoms. The van der Waals surface area contributed by atoms with Gasteiger partial charge in [-0.25, -0.2) is 4.79 Å². The molecular weight excluding hydrogens is 442 g/mol. The molecule has 7 atom stereocenters. The van der Waals surface area contributed by atoms with Crippen molar-refractivity contribution < 1.29 is 38.4 Å². The molecule has 2 fully saturated rings. The topological polar surface area (TPSA) is 113 Å². The van der Waals surface area contributed by atoms with Crippen LogP contribution in [0, 0.1) is 0 Å². The Balaban J connectivity index is 1.59. The SMILES string of the molecule is CC(=O)N[C@H]1[C@@H](OCc2ccccc2)O[C@@H]2CO[C@@H](c3ccccc3)O[C@H]2[C@@H]1O[C@@H](C)C(=O)O. The van der Waals surface area contributed by atoms with Gasteiger partial charge in [0.25, 0.3) is 0 Å². The van der Waals surface area contributed by atoms with Crippen LogP contribution >= 0.6 is 0 Å². The third-order valence-electron chi connectivity index (χ3n) is 5.75. The molecule has 2 N–H and O–H groups in total. The number of hydrogen-bond acceptors (Lipinski definition) is 7. The Hall–Kier alpha value is -2.82. The highest BCUT2D eigenvalue weighted by Gasteiger charge is 2.52. The number of ether oxygens (including phenoxy) is 5. The highest BCUT2D eigenvalue weighted by molar-refractivity contribution is 5.73. The molecule has 0 radical (unpaired) electrons. The fourth-order valence-corrected chi connectivity index (χ4v) is 4.09. The number of nitrogens with one attached hydrogen (secondary N) is 1. The third kappa shape index (κ3) is 5.81. The minimum Gasteiger partial charge on any atom is -0.479 e. The molecule has 0 aliphatic carbocycles. The summed E-state index contributed by atoms with van der Waals surface area (Å²) in [4.78, 5) is 23.7. The average Bonchev–Trinajstić information content (AvgIpc) is 2.84. The van der Waals surface area contributed by atoms with Gasteiger partial charge in [0, 0.05) is 12.5 Å². The van der Waals surface area contributed by atoms with E-state index in [0.29, 0.717) is 0 Å². The van der Waals surface area contributed by atoms with Crippen LogP contribution in [0.5, 0.6) is 0 Å². The maximum atomic E-state index is 12.1. The number of carboxylic acids is 1. The van der Waals surface area contributed by atoms with Crippen LogP contribution in [0.1, 0.15) is 31.3 Å². The fourth-order valence-electron chi connectivity index (χ4n) is 4.09. The van der Waals surface area contributed by atoms with Crippen molar-refractivity contribution in [1.29, 1.82) is 0 Å². The normalized spacial score (nSPS) is 29.6. The molecule has 9 nitrogen and oxygen atoms in total. The number of carbonyl (C=O) groups excluding carboxylic acids is 1. The van der Waals surface area contributed by atoms with Gasteiger partial charge in [0.2, 0.25) is 5.91 Å². The van der Waals surface area contributed by atoms with E-state index in [4.69, 9.17) is 23.7 Å². The highest BCUT2D eigenvalue weighted by atomic mass is 16.8. The molecule has 1 amide bonds. The molecule has 2 aliphatic heterocycles. The van der Waals surface area contributed by atoms with Crippen LogP contribution in [0.15, 0.2) is 60.7 Å². The minimum absolute atomic E-state index is 0.184. The van der Waals surface area contributed by atoms with Crippen LogP contribution in [-0.4, -0.2) is 60.3 Å². The van der Waals surface area contributed by atoms with E-state index in [1.807, 2.05) is 60.7 Å². The predicted molar refractivity (Wildman–Crippen MR) is 119 cm³/mol. The summed E-state index contributed by atoms with van der Waals surface area (Å²) in [6.45, 7) is 3.22. The largest absolute Gasteiger partial charge is 0.479 e. The second-order valence-electron chi connectivity index (χ2n) is 8.32. The van der Waals surface area contributed by atoms with Crippen LogP contribution in [0.4, 0.5) is 0 Å². The molecule has 0 unspecified atom stereocenters. The summed E-state index contributed by atoms with van der Waals surface area (Å²) in [6, 6.07) is 18.1. The lowest BCUT2D eigenvalue weighted by Crippen LogP contribution is -2.67. The van der Waals surface area contributed by atoms with E-state index in [9.17, 15) is 14.7 Å². The number of carboxylic acid groups (broad SMARTS) is 1. The van der Waals surface area contributed by atoms with Gasteiger partial charge in [0.15, 0.2) is 18.7 Å². The Labute approximate surface area is 197 Å². The van der Waals surface area contributed by atoms with Gasteiger partial charge in [-0.3, -0.25) is 4.79 Å². The molecule has 2 aliphatic rings. The van der Waals surface area contributed by atoms with Gasteiger partial charge in [-0.15, -0.1) is 0 Å². The van der Waals surface area contributed by atoms with E-state index < -0.39 is 49.0 Å². The van der Waals surface area contributed by atoms with Crippen LogP contribution in [0.2, 0.25) is 0 Å². The lowest BCUT2D eigenvalue weighted by Gasteiger charge is -2.49. The molecule has 0 aromatic heterocycles. The van der Waals surface area contributed by atoms with Gasteiger partial charge in [0.1, 0.15) is 24.4 Å². The van der Waals surface area contributed by atoms with E-state index in [1.165, 1.54) is 13.8 Å². The van der Waals surface area contributed by atoms with Gasteiger partial charge < -0.3 is 34.1 Å². The quantitative estimate of drug-likeness (QED) is 0.604. The summed E-state index contributed by atoms with van der Waals surface area (Å²) in [6.07, 6.45) is -4.87. The molecule has 182 valence electrons. The van der Waals surface area contributed by atoms with Crippen LogP contribution < -0.4 is 5.32 Å². The van der Waals surface area contributed by atoms with Gasteiger partial charge >= 0.3 is 5.97 Å². The van der Waals surface area contributed by atoms with Crippen LogP contribution in [0.3, 0.4) is 0 Å². The first-order valence-corrected chi connectivity index (χ1v) is 11.2. The number of rotatable bonds is 8. The first-order chi connectivity index (χ1) is 16.4. The van der Waals surface area contributed by atoms with E-state index in [2.05, 4.69) is 5.32 Å². The van der Waals surface area contributed by atoms with Crippen molar-refractivity contribution in [3.8, 4) is 0 Å². The van der Waals surface area contributed by atoms with Gasteiger partial charge in [-0.1, -0.05) is 60.7 Å². The molecule has 0 saturated carbocycles. The first-order valence-electron chi connectivity index (χ1n) is 11.2. The standard InChI is InChI=1S/C25H29NO8/c1-15(23(28)29)32-22-20(26-16(2)27)25(30-13-17-9-5-3-6-10-17)33-19-14-31-24(34-21(19)22)18-11-7-4-8-12-18/h3-12,15,19-22,24-25H,13-14H2,1-2H3,(H,26,27)(H,28,29)/t15-,19+,20+,21+,22+,24+,25-/m0/s1. The Kier molecular flexibility index (Phi) is 7.91. The smallest absolute Gasteiger partial charge is 0.332 e. The zero-order valence-corrected chi connectivity index (χ0v) is 19.0. The molecule has 0 spiro atoms. The maximum absolute atomic E-state index is 12.1. The highest BCUT2D eigenvalue weighted by Crippen LogP contribution is 2.36. The van der Waals surface area contributed by atoms with Crippen molar-refractivity contribution in [2.45, 2.75) is 63.5 Å². The van der Waals surface area contributed by atoms with Crippen molar-refractivity contribution in [3.05, 3.63) is 71.8 Å². The van der Waals surface area contributed by atoms with Gasteiger partial charge in [0.05, 0.1) is 13.2 Å². The van der Waals surface area contributed by atoms with Crippen molar-refractivity contribution in [2.24, 2.45) is 0 Å². The Bertz CT molecular complexity index is 956. The summed E-state index contributed by atoms with van der Waals surface area (Å²) in [5.74, 6) is -1.46. The molecule has 9 heteroatoms. The second kappa shape index (κ2) is 11.1. The molecule has 2 aromatic rings. The number of fused-ring (bicyclic) bond motifs is 1. The lowest BCUT2D eigenvalue weighted by atomic mass is 9.95. The minimum atomic E-state index is -1.14. The maximum Gasteiger partial charge on any atom is 0.332 e. The predicted octanol–water partition coefficient (Wildman–Crippen LogP) is 2.41. The Morgan fingerprint density at radius 3 is 2.41 bits per heavy atom. The van der Waals surface area contributed by atoms with Crippen molar-refractivity contribution in [3.63, 3.8) is 0 Å². The lowest BCUT2D eigenvalue weighted by molar-refractivity contribution is -0.351. The molecule has 4 rings (SSSR count). The Morgan fingerprint density at radius 1 is 1.09 bits per heavy atom. The second-order valence-corrected chi connectivity index (χ2v) is 8.32. The zero-order chi connectivity index (χ0) is 24.1. The number of carbonyl (C=O) groups is 2. The summed E-state index contributed by atoms with van der Waals surface area (Å²) in [5.41, 5.74) is 1.73. The van der Waals surface area contributed by atoms with Gasteiger partial charge in [-0.2, -0.15) is 0 Å². The van der Waals surface area contributed by atoms with E-state index in [1.54, 1.807) is 0 Å². The van der Waals surface area contributed by atoms with E-state index in [0.717, 1.165) is 11.1 Å². The number of hydrogen-bond donors (Lipinski definition) is 2. The number of benzene rings is 2. The van der Waals surface area contributed by atoms with Crippen molar-refractivity contribution in [2.75, 3.05) is 6.61 Å². The van der Waals surface area contributed by atoms with Crippen molar-refractivity contribution in [1.82, 2.24) is 5.32 Å². The average molecular weight is 472 g/mol. The monoisotopic (exact) mass is 471 g/mol. The van der Waals surface area contributed by atoms with E-state index >= 15 is 0 Å². The molecule has 2 heterocycles. The summed E-state index contributed by atoms with van der Waals surface area (Å²) < 4.78 is 30.3. The van der Waals surface area contributed by atoms with Crippen LogP contribution in [-0.2, 0) is 39.9 Å². The Morgan fingerprint density at radius 2 is 1.76 bits per heavy atom. The number of aliphatic carboxylic acids is 1. The summed E-state index contributed by atoms with van der Waals surface area (Å²) >= 11 is 0. The van der Waals surface area contributed by atoms with Crippen LogP contribution in [0.25, 0.3) is 0 Å². The van der Waals surface area contributed by atoms with Crippen molar-refractivity contribution >= 4 is 11.9 Å². The molecule has 34 heavy (non-hydrogen) atoms. The molecule has 2 aromatic carbocycles. The number of amides is 1. The molecule has 2 saturated heterocycles. The van der Waals surface area contributed by atoms with Gasteiger partial charge in [-0.05, 0) is 12.5 Å². The summed E-state index contributed by atoms with van der Waals surface area (Å²) in [5, 5.41) is 12.3. The summed E-state index contributed by atoms with van der Waals surface area (Å²) in [7, 11) is 0. The zero-order valence-electron chi connectivity index (χ0n) is 19.0. The molecular formula is C25H29NO8. The first kappa shape index (κ1) is 24.3.